The molecule has 0 aromatic carbocycles. The number of carboxylic acids is 1. The van der Waals surface area contributed by atoms with Crippen molar-refractivity contribution in [3.8, 4) is 0 Å². The third kappa shape index (κ3) is 4.11. The summed E-state index contributed by atoms with van der Waals surface area (Å²) in [5.74, 6) is 1.53. The minimum Gasteiger partial charge on any atom is -0.480 e. The number of carbonyl (C=O) groups is 2. The van der Waals surface area contributed by atoms with Gasteiger partial charge in [-0.05, 0) is 49.4 Å². The van der Waals surface area contributed by atoms with Crippen LogP contribution in [0.2, 0.25) is 0 Å². The average molecular weight is 296 g/mol. The maximum absolute atomic E-state index is 12.2. The lowest BCUT2D eigenvalue weighted by atomic mass is 9.88. The molecule has 2 bridgehead atoms. The van der Waals surface area contributed by atoms with Gasteiger partial charge in [0.1, 0.15) is 6.04 Å². The van der Waals surface area contributed by atoms with Crippen molar-refractivity contribution in [2.75, 3.05) is 13.6 Å². The van der Waals surface area contributed by atoms with E-state index in [-0.39, 0.29) is 11.9 Å². The molecule has 0 radical (unpaired) electrons. The molecule has 0 aliphatic heterocycles. The van der Waals surface area contributed by atoms with Crippen molar-refractivity contribution in [2.24, 2.45) is 23.7 Å². The average Bonchev–Trinajstić information content (AvgIpc) is 2.99. The molecule has 2 fully saturated rings. The quantitative estimate of drug-likeness (QED) is 0.791. The summed E-state index contributed by atoms with van der Waals surface area (Å²) >= 11 is 0. The number of urea groups is 1. The summed E-state index contributed by atoms with van der Waals surface area (Å²) in [7, 11) is 1.77. The first-order valence-electron chi connectivity index (χ1n) is 8.11. The zero-order valence-corrected chi connectivity index (χ0v) is 13.3. The molecule has 2 N–H and O–H groups in total. The summed E-state index contributed by atoms with van der Waals surface area (Å²) in [5.41, 5.74) is 0. The van der Waals surface area contributed by atoms with E-state index < -0.39 is 12.0 Å². The molecular weight excluding hydrogens is 268 g/mol. The van der Waals surface area contributed by atoms with Crippen LogP contribution in [0.25, 0.3) is 0 Å². The zero-order chi connectivity index (χ0) is 15.6. The predicted octanol–water partition coefficient (Wildman–Crippen LogP) is 2.56. The van der Waals surface area contributed by atoms with Crippen molar-refractivity contribution in [3.63, 3.8) is 0 Å². The summed E-state index contributed by atoms with van der Waals surface area (Å²) in [6, 6.07) is -1.05. The van der Waals surface area contributed by atoms with E-state index in [4.69, 9.17) is 0 Å². The highest BCUT2D eigenvalue weighted by atomic mass is 16.4. The van der Waals surface area contributed by atoms with Gasteiger partial charge in [-0.1, -0.05) is 20.3 Å². The summed E-state index contributed by atoms with van der Waals surface area (Å²) < 4.78 is 0. The van der Waals surface area contributed by atoms with Crippen LogP contribution in [0.1, 0.15) is 46.0 Å². The molecule has 2 saturated carbocycles. The van der Waals surface area contributed by atoms with Crippen molar-refractivity contribution >= 4 is 12.0 Å². The van der Waals surface area contributed by atoms with Gasteiger partial charge in [-0.15, -0.1) is 0 Å². The second kappa shape index (κ2) is 6.67. The maximum atomic E-state index is 12.2. The number of nitrogens with one attached hydrogen (secondary N) is 1. The van der Waals surface area contributed by atoms with Gasteiger partial charge in [0, 0.05) is 13.6 Å². The lowest BCUT2D eigenvalue weighted by molar-refractivity contribution is -0.139. The van der Waals surface area contributed by atoms with Gasteiger partial charge in [0.25, 0.3) is 0 Å². The smallest absolute Gasteiger partial charge is 0.326 e. The molecule has 0 saturated heterocycles. The maximum Gasteiger partial charge on any atom is 0.326 e. The van der Waals surface area contributed by atoms with Crippen LogP contribution < -0.4 is 5.32 Å². The number of amides is 2. The van der Waals surface area contributed by atoms with E-state index in [2.05, 4.69) is 5.32 Å². The summed E-state index contributed by atoms with van der Waals surface area (Å²) in [6.45, 7) is 4.67. The Morgan fingerprint density at radius 2 is 2.00 bits per heavy atom. The highest BCUT2D eigenvalue weighted by Crippen LogP contribution is 2.48. The fourth-order valence-corrected chi connectivity index (χ4v) is 3.99. The molecule has 0 heterocycles. The topological polar surface area (TPSA) is 69.6 Å². The molecule has 3 unspecified atom stereocenters. The highest BCUT2D eigenvalue weighted by molar-refractivity contribution is 5.82. The van der Waals surface area contributed by atoms with Gasteiger partial charge in [0.15, 0.2) is 0 Å². The predicted molar refractivity (Wildman–Crippen MR) is 81.0 cm³/mol. The molecule has 4 atom stereocenters. The first kappa shape index (κ1) is 16.1. The minimum absolute atomic E-state index is 0.238. The van der Waals surface area contributed by atoms with E-state index in [9.17, 15) is 14.7 Å². The van der Waals surface area contributed by atoms with E-state index in [1.54, 1.807) is 11.9 Å². The molecule has 120 valence electrons. The summed E-state index contributed by atoms with van der Waals surface area (Å²) in [4.78, 5) is 25.1. The van der Waals surface area contributed by atoms with E-state index in [0.717, 1.165) is 18.4 Å². The van der Waals surface area contributed by atoms with Crippen LogP contribution in [-0.4, -0.2) is 41.6 Å². The summed E-state index contributed by atoms with van der Waals surface area (Å²) in [6.07, 6.45) is 5.67. The Hall–Kier alpha value is -1.26. The van der Waals surface area contributed by atoms with Gasteiger partial charge in [-0.3, -0.25) is 0 Å². The van der Waals surface area contributed by atoms with Gasteiger partial charge >= 0.3 is 12.0 Å². The standard InChI is InChI=1S/C16H28N2O3/c1-10(2)6-14(15(19)20)17-16(21)18(3)9-13-8-11-4-5-12(13)7-11/h10-14H,4-9H2,1-3H3,(H,17,21)(H,19,20)/t11?,12?,13?,14-/m0/s1. The molecule has 0 aromatic rings. The number of nitrogens with zero attached hydrogens (tertiary/aromatic N) is 1. The third-order valence-corrected chi connectivity index (χ3v) is 5.04. The Kier molecular flexibility index (Phi) is 5.12. The first-order valence-corrected chi connectivity index (χ1v) is 8.11. The van der Waals surface area contributed by atoms with Crippen LogP contribution in [0.4, 0.5) is 4.79 Å². The van der Waals surface area contributed by atoms with Crippen LogP contribution in [0.3, 0.4) is 0 Å². The Morgan fingerprint density at radius 1 is 1.29 bits per heavy atom. The van der Waals surface area contributed by atoms with E-state index >= 15 is 0 Å². The molecule has 0 aromatic heterocycles. The van der Waals surface area contributed by atoms with Gasteiger partial charge < -0.3 is 15.3 Å². The van der Waals surface area contributed by atoms with Crippen LogP contribution in [0.5, 0.6) is 0 Å². The van der Waals surface area contributed by atoms with Gasteiger partial charge in [-0.25, -0.2) is 9.59 Å². The number of rotatable bonds is 6. The molecular formula is C16H28N2O3. The lowest BCUT2D eigenvalue weighted by Crippen LogP contribution is -2.48. The van der Waals surface area contributed by atoms with E-state index in [0.29, 0.717) is 12.3 Å². The Labute approximate surface area is 127 Å². The fourth-order valence-electron chi connectivity index (χ4n) is 3.99. The molecule has 2 aliphatic rings. The number of carboxylic acid groups (broad SMARTS) is 1. The lowest BCUT2D eigenvalue weighted by Gasteiger charge is -2.28. The minimum atomic E-state index is -0.953. The summed E-state index contributed by atoms with van der Waals surface area (Å²) in [5, 5.41) is 11.8. The molecule has 2 rings (SSSR count). The largest absolute Gasteiger partial charge is 0.480 e. The van der Waals surface area contributed by atoms with Crippen LogP contribution >= 0.6 is 0 Å². The van der Waals surface area contributed by atoms with Crippen molar-refractivity contribution in [1.29, 1.82) is 0 Å². The van der Waals surface area contributed by atoms with Crippen molar-refractivity contribution in [2.45, 2.75) is 52.0 Å². The zero-order valence-electron chi connectivity index (χ0n) is 13.3. The normalized spacial score (nSPS) is 28.7. The number of aliphatic carboxylic acids is 1. The number of carbonyl (C=O) groups excluding carboxylic acids is 1. The van der Waals surface area contributed by atoms with Crippen molar-refractivity contribution in [1.82, 2.24) is 10.2 Å². The van der Waals surface area contributed by atoms with Crippen molar-refractivity contribution < 1.29 is 14.7 Å². The molecule has 2 amide bonds. The molecule has 21 heavy (non-hydrogen) atoms. The van der Waals surface area contributed by atoms with Crippen LogP contribution in [-0.2, 0) is 4.79 Å². The van der Waals surface area contributed by atoms with Gasteiger partial charge in [0.05, 0.1) is 0 Å². The Morgan fingerprint density at radius 3 is 2.48 bits per heavy atom. The second-order valence-corrected chi connectivity index (χ2v) is 7.29. The molecule has 5 nitrogen and oxygen atoms in total. The van der Waals surface area contributed by atoms with Crippen LogP contribution in [0.15, 0.2) is 0 Å². The number of hydrogen-bond acceptors (Lipinski definition) is 2. The molecule has 2 aliphatic carbocycles. The highest BCUT2D eigenvalue weighted by Gasteiger charge is 2.40. The van der Waals surface area contributed by atoms with E-state index in [1.165, 1.54) is 25.7 Å². The SMILES string of the molecule is CC(C)C[C@H](NC(=O)N(C)CC1CC2CCC1C2)C(=O)O. The molecule has 0 spiro atoms. The number of hydrogen-bond donors (Lipinski definition) is 2. The molecule has 5 heteroatoms. The third-order valence-electron chi connectivity index (χ3n) is 5.04. The monoisotopic (exact) mass is 296 g/mol. The van der Waals surface area contributed by atoms with Crippen LogP contribution in [0, 0.1) is 23.7 Å². The fraction of sp³-hybridized carbons (Fsp3) is 0.875. The van der Waals surface area contributed by atoms with E-state index in [1.807, 2.05) is 13.8 Å². The second-order valence-electron chi connectivity index (χ2n) is 7.29. The first-order chi connectivity index (χ1) is 9.86. The van der Waals surface area contributed by atoms with Crippen molar-refractivity contribution in [3.05, 3.63) is 0 Å². The number of fused-ring (bicyclic) bond motifs is 2. The van der Waals surface area contributed by atoms with Gasteiger partial charge in [0.2, 0.25) is 0 Å². The Balaban J connectivity index is 1.82. The van der Waals surface area contributed by atoms with Gasteiger partial charge in [-0.2, -0.15) is 0 Å². The Bertz CT molecular complexity index is 397.